The van der Waals surface area contributed by atoms with E-state index in [-0.39, 0.29) is 5.78 Å². The van der Waals surface area contributed by atoms with Crippen molar-refractivity contribution in [1.29, 1.82) is 0 Å². The van der Waals surface area contributed by atoms with Crippen LogP contribution in [0.1, 0.15) is 47.8 Å². The predicted molar refractivity (Wildman–Crippen MR) is 127 cm³/mol. The standard InChI is InChI=1S/C26H30N4O2/c1-2-3-5-8-21-11-13-23(14-12-21)30-20-28-26(27-19-29-15-17-32-18-16-29)24(30)25(31)22-9-6-4-7-10-22/h4,6-7,9-14,19-20H,2-3,5,8,15-18H2,1H3/b27-19+. The third kappa shape index (κ3) is 5.32. The Labute approximate surface area is 189 Å². The van der Waals surface area contributed by atoms with Crippen LogP contribution in [0.3, 0.4) is 0 Å². The third-order valence-corrected chi connectivity index (χ3v) is 5.67. The largest absolute Gasteiger partial charge is 0.378 e. The van der Waals surface area contributed by atoms with E-state index in [4.69, 9.17) is 4.74 Å². The van der Waals surface area contributed by atoms with Gasteiger partial charge in [-0.2, -0.15) is 0 Å². The monoisotopic (exact) mass is 430 g/mol. The molecule has 0 saturated carbocycles. The Balaban J connectivity index is 1.65. The number of hydrogen-bond acceptors (Lipinski definition) is 4. The molecule has 1 saturated heterocycles. The summed E-state index contributed by atoms with van der Waals surface area (Å²) in [6, 6.07) is 17.7. The van der Waals surface area contributed by atoms with Gasteiger partial charge in [0.2, 0.25) is 5.78 Å². The number of hydrogen-bond donors (Lipinski definition) is 0. The molecule has 1 aliphatic heterocycles. The summed E-state index contributed by atoms with van der Waals surface area (Å²) in [4.78, 5) is 24.6. The smallest absolute Gasteiger partial charge is 0.213 e. The van der Waals surface area contributed by atoms with Gasteiger partial charge in [0.25, 0.3) is 0 Å². The molecule has 1 fully saturated rings. The second-order valence-electron chi connectivity index (χ2n) is 8.00. The molecule has 0 amide bonds. The number of ether oxygens (including phenoxy) is 1. The molecule has 32 heavy (non-hydrogen) atoms. The molecule has 4 rings (SSSR count). The van der Waals surface area contributed by atoms with Gasteiger partial charge < -0.3 is 9.64 Å². The van der Waals surface area contributed by atoms with Gasteiger partial charge in [-0.1, -0.05) is 62.2 Å². The maximum absolute atomic E-state index is 13.4. The summed E-state index contributed by atoms with van der Waals surface area (Å²) in [5.41, 5.74) is 3.31. The first-order valence-corrected chi connectivity index (χ1v) is 11.4. The summed E-state index contributed by atoms with van der Waals surface area (Å²) in [6.45, 7) is 5.14. The predicted octanol–water partition coefficient (Wildman–Crippen LogP) is 4.83. The van der Waals surface area contributed by atoms with E-state index in [1.807, 2.05) is 34.9 Å². The summed E-state index contributed by atoms with van der Waals surface area (Å²) >= 11 is 0. The summed E-state index contributed by atoms with van der Waals surface area (Å²) in [7, 11) is 0. The van der Waals surface area contributed by atoms with E-state index in [0.29, 0.717) is 30.3 Å². The highest BCUT2D eigenvalue weighted by atomic mass is 16.5. The summed E-state index contributed by atoms with van der Waals surface area (Å²) in [5.74, 6) is 0.335. The number of benzene rings is 2. The molecule has 166 valence electrons. The summed E-state index contributed by atoms with van der Waals surface area (Å²) < 4.78 is 7.24. The van der Waals surface area contributed by atoms with Crippen molar-refractivity contribution in [2.75, 3.05) is 26.3 Å². The Morgan fingerprint density at radius 3 is 2.53 bits per heavy atom. The van der Waals surface area contributed by atoms with Crippen molar-refractivity contribution in [2.24, 2.45) is 4.99 Å². The van der Waals surface area contributed by atoms with E-state index in [1.165, 1.54) is 24.8 Å². The number of aryl methyl sites for hydroxylation is 1. The number of aliphatic imine (C=N–C) groups is 1. The van der Waals surface area contributed by atoms with Crippen LogP contribution in [0.15, 0.2) is 65.9 Å². The molecule has 0 bridgehead atoms. The van der Waals surface area contributed by atoms with E-state index in [0.717, 1.165) is 25.2 Å². The van der Waals surface area contributed by atoms with Gasteiger partial charge >= 0.3 is 0 Å². The number of carbonyl (C=O) groups is 1. The minimum atomic E-state index is -0.0933. The Morgan fingerprint density at radius 1 is 1.06 bits per heavy atom. The summed E-state index contributed by atoms with van der Waals surface area (Å²) in [5, 5.41) is 0. The number of ketones is 1. The van der Waals surface area contributed by atoms with Crippen LogP contribution in [-0.4, -0.2) is 52.9 Å². The maximum Gasteiger partial charge on any atom is 0.213 e. The van der Waals surface area contributed by atoms with Crippen molar-refractivity contribution in [2.45, 2.75) is 32.6 Å². The lowest BCUT2D eigenvalue weighted by molar-refractivity contribution is 0.0701. The van der Waals surface area contributed by atoms with Gasteiger partial charge in [-0.25, -0.2) is 9.98 Å². The van der Waals surface area contributed by atoms with Gasteiger partial charge in [0.15, 0.2) is 5.82 Å². The van der Waals surface area contributed by atoms with Crippen LogP contribution >= 0.6 is 0 Å². The van der Waals surface area contributed by atoms with Crippen molar-refractivity contribution >= 4 is 17.9 Å². The zero-order chi connectivity index (χ0) is 22.2. The normalized spacial score (nSPS) is 14.2. The highest BCUT2D eigenvalue weighted by Crippen LogP contribution is 2.25. The second-order valence-corrected chi connectivity index (χ2v) is 8.00. The Kier molecular flexibility index (Phi) is 7.46. The molecule has 0 atom stereocenters. The lowest BCUT2D eigenvalue weighted by Gasteiger charge is -2.23. The minimum Gasteiger partial charge on any atom is -0.378 e. The number of unbranched alkanes of at least 4 members (excludes halogenated alkanes) is 2. The van der Waals surface area contributed by atoms with Gasteiger partial charge in [0.1, 0.15) is 12.0 Å². The average Bonchev–Trinajstić information content (AvgIpc) is 3.28. The van der Waals surface area contributed by atoms with Crippen molar-refractivity contribution in [1.82, 2.24) is 14.5 Å². The van der Waals surface area contributed by atoms with Crippen LogP contribution in [-0.2, 0) is 11.2 Å². The first-order chi connectivity index (χ1) is 15.8. The topological polar surface area (TPSA) is 59.7 Å². The van der Waals surface area contributed by atoms with Crippen molar-refractivity contribution < 1.29 is 9.53 Å². The molecule has 3 aromatic rings. The number of aromatic nitrogens is 2. The molecule has 6 nitrogen and oxygen atoms in total. The van der Waals surface area contributed by atoms with E-state index in [2.05, 4.69) is 46.1 Å². The highest BCUT2D eigenvalue weighted by Gasteiger charge is 2.21. The van der Waals surface area contributed by atoms with Crippen LogP contribution in [0.4, 0.5) is 5.82 Å². The number of nitrogens with zero attached hydrogens (tertiary/aromatic N) is 4. The Morgan fingerprint density at radius 2 is 1.81 bits per heavy atom. The molecule has 0 spiro atoms. The Bertz CT molecular complexity index is 1040. The molecule has 2 heterocycles. The van der Waals surface area contributed by atoms with E-state index >= 15 is 0 Å². The van der Waals surface area contributed by atoms with Crippen LogP contribution < -0.4 is 0 Å². The first kappa shape index (κ1) is 22.0. The van der Waals surface area contributed by atoms with Crippen LogP contribution in [0, 0.1) is 0 Å². The van der Waals surface area contributed by atoms with Gasteiger partial charge in [0.05, 0.1) is 19.6 Å². The molecule has 0 aliphatic carbocycles. The average molecular weight is 431 g/mol. The highest BCUT2D eigenvalue weighted by molar-refractivity contribution is 6.11. The van der Waals surface area contributed by atoms with Crippen molar-refractivity contribution in [3.63, 3.8) is 0 Å². The van der Waals surface area contributed by atoms with Crippen LogP contribution in [0.25, 0.3) is 5.69 Å². The first-order valence-electron chi connectivity index (χ1n) is 11.4. The number of rotatable bonds is 9. The van der Waals surface area contributed by atoms with Gasteiger partial charge in [-0.05, 0) is 30.5 Å². The fourth-order valence-electron chi connectivity index (χ4n) is 3.80. The fraction of sp³-hybridized carbons (Fsp3) is 0.346. The molecule has 1 aliphatic rings. The van der Waals surface area contributed by atoms with Crippen molar-refractivity contribution in [3.8, 4) is 5.69 Å². The number of morpholine rings is 1. The lowest BCUT2D eigenvalue weighted by atomic mass is 10.1. The van der Waals surface area contributed by atoms with E-state index in [9.17, 15) is 4.79 Å². The van der Waals surface area contributed by atoms with Crippen molar-refractivity contribution in [3.05, 3.63) is 77.7 Å². The number of carbonyl (C=O) groups excluding carboxylic acids is 1. The molecule has 0 N–H and O–H groups in total. The molecule has 2 aromatic carbocycles. The molecular formula is C26H30N4O2. The molecule has 6 heteroatoms. The van der Waals surface area contributed by atoms with E-state index < -0.39 is 0 Å². The summed E-state index contributed by atoms with van der Waals surface area (Å²) in [6.07, 6.45) is 8.18. The van der Waals surface area contributed by atoms with Gasteiger partial charge in [-0.15, -0.1) is 0 Å². The molecule has 1 aromatic heterocycles. The number of imidazole rings is 1. The van der Waals surface area contributed by atoms with Gasteiger partial charge in [0, 0.05) is 24.3 Å². The zero-order valence-corrected chi connectivity index (χ0v) is 18.6. The molecule has 0 unspecified atom stereocenters. The maximum atomic E-state index is 13.4. The SMILES string of the molecule is CCCCCc1ccc(-n2cnc(/N=C/N3CCOCC3)c2C(=O)c2ccccc2)cc1. The third-order valence-electron chi connectivity index (χ3n) is 5.67. The zero-order valence-electron chi connectivity index (χ0n) is 18.6. The molecule has 0 radical (unpaired) electrons. The lowest BCUT2D eigenvalue weighted by Crippen LogP contribution is -2.35. The van der Waals surface area contributed by atoms with Crippen LogP contribution in [0.2, 0.25) is 0 Å². The fourth-order valence-corrected chi connectivity index (χ4v) is 3.80. The van der Waals surface area contributed by atoms with E-state index in [1.54, 1.807) is 12.7 Å². The minimum absolute atomic E-state index is 0.0933. The molecular weight excluding hydrogens is 400 g/mol. The Hall–Kier alpha value is -3.25. The van der Waals surface area contributed by atoms with Gasteiger partial charge in [-0.3, -0.25) is 9.36 Å². The quantitative estimate of drug-likeness (QED) is 0.211. The second kappa shape index (κ2) is 10.9. The van der Waals surface area contributed by atoms with Crippen LogP contribution in [0.5, 0.6) is 0 Å².